The van der Waals surface area contributed by atoms with Gasteiger partial charge in [0.05, 0.1) is 6.61 Å². The van der Waals surface area contributed by atoms with Gasteiger partial charge >= 0.3 is 0 Å². The second kappa shape index (κ2) is 11.9. The molecule has 0 fully saturated rings. The second-order valence-corrected chi connectivity index (χ2v) is 6.00. The first-order chi connectivity index (χ1) is 11.7. The summed E-state index contributed by atoms with van der Waals surface area (Å²) in [7, 11) is 1.66. The molecule has 0 aliphatic rings. The quantitative estimate of drug-likeness (QED) is 0.598. The van der Waals surface area contributed by atoms with Crippen molar-refractivity contribution in [2.75, 3.05) is 33.4 Å². The van der Waals surface area contributed by atoms with Crippen molar-refractivity contribution in [1.29, 1.82) is 0 Å². The number of ether oxygens (including phenoxy) is 2. The standard InChI is InChI=1S/C18H21BrN2O3.ClH/c1-23-12-11-20-9-10-21-18(22)14-5-7-16(8-6-14)24-17-4-2-3-15(19)13-17;/h2-8,13,20H,9-12H2,1H3,(H,21,22);1H. The molecule has 0 radical (unpaired) electrons. The summed E-state index contributed by atoms with van der Waals surface area (Å²) >= 11 is 3.40. The average Bonchev–Trinajstić information content (AvgIpc) is 2.58. The summed E-state index contributed by atoms with van der Waals surface area (Å²) in [5.41, 5.74) is 0.605. The molecule has 1 amide bonds. The van der Waals surface area contributed by atoms with Gasteiger partial charge in [0, 0.05) is 36.8 Å². The zero-order chi connectivity index (χ0) is 17.2. The van der Waals surface area contributed by atoms with Crippen LogP contribution in [-0.4, -0.2) is 39.3 Å². The highest BCUT2D eigenvalue weighted by Crippen LogP contribution is 2.24. The Morgan fingerprint density at radius 3 is 2.48 bits per heavy atom. The van der Waals surface area contributed by atoms with E-state index in [0.29, 0.717) is 31.0 Å². The molecule has 0 heterocycles. The molecule has 0 aromatic heterocycles. The molecule has 5 nitrogen and oxygen atoms in total. The van der Waals surface area contributed by atoms with Crippen LogP contribution in [0.3, 0.4) is 0 Å². The van der Waals surface area contributed by atoms with Crippen molar-refractivity contribution in [3.63, 3.8) is 0 Å². The number of hydrogen-bond donors (Lipinski definition) is 2. The molecule has 25 heavy (non-hydrogen) atoms. The van der Waals surface area contributed by atoms with E-state index in [1.165, 1.54) is 0 Å². The Kier molecular flexibility index (Phi) is 10.2. The van der Waals surface area contributed by atoms with Crippen LogP contribution in [-0.2, 0) is 4.74 Å². The fraction of sp³-hybridized carbons (Fsp3) is 0.278. The first kappa shape index (κ1) is 21.4. The number of methoxy groups -OCH3 is 1. The smallest absolute Gasteiger partial charge is 0.251 e. The highest BCUT2D eigenvalue weighted by molar-refractivity contribution is 9.10. The molecule has 2 aromatic carbocycles. The van der Waals surface area contributed by atoms with Crippen LogP contribution < -0.4 is 15.4 Å². The van der Waals surface area contributed by atoms with Crippen molar-refractivity contribution >= 4 is 34.2 Å². The maximum absolute atomic E-state index is 12.0. The summed E-state index contributed by atoms with van der Waals surface area (Å²) in [4.78, 5) is 12.0. The molecule has 0 saturated heterocycles. The second-order valence-electron chi connectivity index (χ2n) is 5.08. The lowest BCUT2D eigenvalue weighted by molar-refractivity contribution is 0.0953. The highest BCUT2D eigenvalue weighted by atomic mass is 79.9. The van der Waals surface area contributed by atoms with Gasteiger partial charge in [-0.2, -0.15) is 0 Å². The Balaban J connectivity index is 0.00000312. The summed E-state index contributed by atoms with van der Waals surface area (Å²) in [6.45, 7) is 2.71. The Hall–Kier alpha value is -1.60. The Morgan fingerprint density at radius 2 is 1.80 bits per heavy atom. The summed E-state index contributed by atoms with van der Waals surface area (Å²) in [5.74, 6) is 1.33. The number of hydrogen-bond acceptors (Lipinski definition) is 4. The minimum atomic E-state index is -0.0995. The van der Waals surface area contributed by atoms with Crippen LogP contribution in [0.1, 0.15) is 10.4 Å². The van der Waals surface area contributed by atoms with Gasteiger partial charge in [-0.05, 0) is 42.5 Å². The largest absolute Gasteiger partial charge is 0.457 e. The van der Waals surface area contributed by atoms with E-state index < -0.39 is 0 Å². The highest BCUT2D eigenvalue weighted by Gasteiger charge is 2.05. The van der Waals surface area contributed by atoms with Gasteiger partial charge in [0.25, 0.3) is 5.91 Å². The molecule has 0 aliphatic heterocycles. The van der Waals surface area contributed by atoms with Gasteiger partial charge in [-0.25, -0.2) is 0 Å². The van der Waals surface area contributed by atoms with Gasteiger partial charge in [0.1, 0.15) is 11.5 Å². The van der Waals surface area contributed by atoms with Crippen LogP contribution in [0, 0.1) is 0 Å². The van der Waals surface area contributed by atoms with E-state index in [0.717, 1.165) is 16.8 Å². The molecule has 0 unspecified atom stereocenters. The number of carbonyl (C=O) groups excluding carboxylic acids is 1. The van der Waals surface area contributed by atoms with Crippen molar-refractivity contribution in [1.82, 2.24) is 10.6 Å². The Labute approximate surface area is 162 Å². The molecular weight excluding hydrogens is 408 g/mol. The molecule has 2 rings (SSSR count). The topological polar surface area (TPSA) is 59.6 Å². The van der Waals surface area contributed by atoms with E-state index in [1.807, 2.05) is 24.3 Å². The number of amides is 1. The number of rotatable bonds is 9. The first-order valence-electron chi connectivity index (χ1n) is 7.70. The first-order valence-corrected chi connectivity index (χ1v) is 8.49. The van der Waals surface area contributed by atoms with E-state index in [4.69, 9.17) is 9.47 Å². The van der Waals surface area contributed by atoms with Crippen LogP contribution in [0.25, 0.3) is 0 Å². The third kappa shape index (κ3) is 7.88. The fourth-order valence-electron chi connectivity index (χ4n) is 2.01. The van der Waals surface area contributed by atoms with E-state index >= 15 is 0 Å². The van der Waals surface area contributed by atoms with Gasteiger partial charge in [-0.15, -0.1) is 12.4 Å². The Morgan fingerprint density at radius 1 is 1.04 bits per heavy atom. The van der Waals surface area contributed by atoms with Crippen molar-refractivity contribution in [2.45, 2.75) is 0 Å². The Bertz CT molecular complexity index is 653. The predicted octanol–water partition coefficient (Wildman–Crippen LogP) is 3.63. The number of carbonyl (C=O) groups is 1. The molecule has 2 N–H and O–H groups in total. The number of benzene rings is 2. The fourth-order valence-corrected chi connectivity index (χ4v) is 2.38. The lowest BCUT2D eigenvalue weighted by atomic mass is 10.2. The molecular formula is C18H22BrClN2O3. The van der Waals surface area contributed by atoms with E-state index in [9.17, 15) is 4.79 Å². The van der Waals surface area contributed by atoms with Crippen molar-refractivity contribution < 1.29 is 14.3 Å². The van der Waals surface area contributed by atoms with Gasteiger partial charge in [0.15, 0.2) is 0 Å². The van der Waals surface area contributed by atoms with Gasteiger partial charge in [-0.1, -0.05) is 22.0 Å². The summed E-state index contributed by atoms with van der Waals surface area (Å²) < 4.78 is 11.6. The minimum absolute atomic E-state index is 0. The van der Waals surface area contributed by atoms with E-state index in [1.54, 1.807) is 31.4 Å². The van der Waals surface area contributed by atoms with Crippen LogP contribution >= 0.6 is 28.3 Å². The molecule has 7 heteroatoms. The zero-order valence-corrected chi connectivity index (χ0v) is 16.4. The van der Waals surface area contributed by atoms with Crippen LogP contribution in [0.5, 0.6) is 11.5 Å². The molecule has 0 spiro atoms. The zero-order valence-electron chi connectivity index (χ0n) is 14.0. The van der Waals surface area contributed by atoms with E-state index in [2.05, 4.69) is 26.6 Å². The SMILES string of the molecule is COCCNCCNC(=O)c1ccc(Oc2cccc(Br)c2)cc1.Cl. The predicted molar refractivity (Wildman–Crippen MR) is 105 cm³/mol. The molecule has 136 valence electrons. The average molecular weight is 430 g/mol. The number of halogens is 2. The molecule has 0 atom stereocenters. The van der Waals surface area contributed by atoms with Crippen molar-refractivity contribution in [2.24, 2.45) is 0 Å². The number of nitrogens with one attached hydrogen (secondary N) is 2. The van der Waals surface area contributed by atoms with Gasteiger partial charge in [0.2, 0.25) is 0 Å². The molecule has 0 aliphatic carbocycles. The summed E-state index contributed by atoms with van der Waals surface area (Å²) in [6.07, 6.45) is 0. The van der Waals surface area contributed by atoms with Gasteiger partial charge in [-0.3, -0.25) is 4.79 Å². The maximum Gasteiger partial charge on any atom is 0.251 e. The van der Waals surface area contributed by atoms with Crippen LogP contribution in [0.2, 0.25) is 0 Å². The van der Waals surface area contributed by atoms with Crippen LogP contribution in [0.15, 0.2) is 53.0 Å². The normalized spacial score (nSPS) is 10.0. The summed E-state index contributed by atoms with van der Waals surface area (Å²) in [5, 5.41) is 6.03. The molecule has 2 aromatic rings. The molecule has 0 saturated carbocycles. The van der Waals surface area contributed by atoms with E-state index in [-0.39, 0.29) is 18.3 Å². The molecule has 0 bridgehead atoms. The maximum atomic E-state index is 12.0. The summed E-state index contributed by atoms with van der Waals surface area (Å²) in [6, 6.07) is 14.7. The third-order valence-electron chi connectivity index (χ3n) is 3.22. The van der Waals surface area contributed by atoms with Crippen molar-refractivity contribution in [3.05, 3.63) is 58.6 Å². The monoisotopic (exact) mass is 428 g/mol. The lowest BCUT2D eigenvalue weighted by Gasteiger charge is -2.08. The van der Waals surface area contributed by atoms with Gasteiger partial charge < -0.3 is 20.1 Å². The third-order valence-corrected chi connectivity index (χ3v) is 3.71. The minimum Gasteiger partial charge on any atom is -0.457 e. The van der Waals surface area contributed by atoms with Crippen molar-refractivity contribution in [3.8, 4) is 11.5 Å². The lowest BCUT2D eigenvalue weighted by Crippen LogP contribution is -2.33. The van der Waals surface area contributed by atoms with Crippen LogP contribution in [0.4, 0.5) is 0 Å².